The van der Waals surface area contributed by atoms with Crippen LogP contribution in [0.4, 0.5) is 9.93 Å². The number of oxime groups is 1. The molecule has 2 amide bonds. The van der Waals surface area contributed by atoms with Crippen LogP contribution in [0.15, 0.2) is 10.5 Å². The molecule has 1 aliphatic rings. The summed E-state index contributed by atoms with van der Waals surface area (Å²) in [5.41, 5.74) is 0.995. The molecule has 2 rings (SSSR count). The number of anilines is 1. The van der Waals surface area contributed by atoms with Crippen molar-refractivity contribution in [2.24, 2.45) is 5.16 Å². The van der Waals surface area contributed by atoms with E-state index in [1.165, 1.54) is 24.2 Å². The predicted octanol–water partition coefficient (Wildman–Crippen LogP) is 2.41. The molecule has 0 saturated heterocycles. The van der Waals surface area contributed by atoms with Crippen molar-refractivity contribution in [3.8, 4) is 0 Å². The minimum atomic E-state index is -0.221. The molecule has 0 bridgehead atoms. The van der Waals surface area contributed by atoms with Crippen LogP contribution in [0.3, 0.4) is 0 Å². The molecule has 0 radical (unpaired) electrons. The number of carbonyl (C=O) groups excluding carboxylic acids is 1. The maximum atomic E-state index is 11.7. The monoisotopic (exact) mass is 268 g/mol. The number of rotatable bonds is 3. The fourth-order valence-corrected chi connectivity index (χ4v) is 2.69. The van der Waals surface area contributed by atoms with E-state index in [0.29, 0.717) is 16.5 Å². The van der Waals surface area contributed by atoms with Gasteiger partial charge in [0, 0.05) is 11.4 Å². The highest BCUT2D eigenvalue weighted by molar-refractivity contribution is 7.14. The molecule has 1 saturated carbocycles. The number of amides is 2. The third-order valence-electron chi connectivity index (χ3n) is 2.94. The van der Waals surface area contributed by atoms with Gasteiger partial charge in [-0.2, -0.15) is 0 Å². The molecule has 0 aromatic carbocycles. The summed E-state index contributed by atoms with van der Waals surface area (Å²) in [4.78, 5) is 15.8. The van der Waals surface area contributed by atoms with Gasteiger partial charge >= 0.3 is 6.03 Å². The summed E-state index contributed by atoms with van der Waals surface area (Å²) in [6, 6.07) is 0.0616. The van der Waals surface area contributed by atoms with Crippen LogP contribution in [0.1, 0.15) is 38.3 Å². The lowest BCUT2D eigenvalue weighted by Crippen LogP contribution is -2.36. The van der Waals surface area contributed by atoms with Crippen molar-refractivity contribution >= 4 is 28.2 Å². The lowest BCUT2D eigenvalue weighted by molar-refractivity contribution is 0.248. The Hall–Kier alpha value is -1.63. The molecule has 1 heterocycles. The highest BCUT2D eigenvalue weighted by Crippen LogP contribution is 2.19. The van der Waals surface area contributed by atoms with Crippen molar-refractivity contribution < 1.29 is 10.0 Å². The van der Waals surface area contributed by atoms with Crippen molar-refractivity contribution in [2.75, 3.05) is 5.32 Å². The molecule has 6 nitrogen and oxygen atoms in total. The van der Waals surface area contributed by atoms with E-state index < -0.39 is 0 Å². The van der Waals surface area contributed by atoms with E-state index in [0.717, 1.165) is 12.8 Å². The van der Waals surface area contributed by atoms with E-state index in [1.54, 1.807) is 12.3 Å². The fourth-order valence-electron chi connectivity index (χ4n) is 1.94. The summed E-state index contributed by atoms with van der Waals surface area (Å²) in [5, 5.41) is 19.5. The van der Waals surface area contributed by atoms with Crippen LogP contribution >= 0.6 is 11.3 Å². The van der Waals surface area contributed by atoms with Crippen molar-refractivity contribution in [3.05, 3.63) is 11.1 Å². The van der Waals surface area contributed by atoms with Gasteiger partial charge in [0.15, 0.2) is 5.13 Å². The van der Waals surface area contributed by atoms with E-state index in [1.807, 2.05) is 0 Å². The maximum Gasteiger partial charge on any atom is 0.321 e. The first-order valence-electron chi connectivity index (χ1n) is 5.91. The Kier molecular flexibility index (Phi) is 4.14. The lowest BCUT2D eigenvalue weighted by atomic mass is 10.3. The van der Waals surface area contributed by atoms with Gasteiger partial charge in [-0.15, -0.1) is 11.3 Å². The van der Waals surface area contributed by atoms with Crippen LogP contribution in [0.25, 0.3) is 0 Å². The quantitative estimate of drug-likeness (QED) is 0.447. The summed E-state index contributed by atoms with van der Waals surface area (Å²) in [5.74, 6) is 0. The molecule has 0 unspecified atom stereocenters. The molecule has 0 aliphatic heterocycles. The molecule has 0 spiro atoms. The Labute approximate surface area is 109 Å². The van der Waals surface area contributed by atoms with Crippen molar-refractivity contribution in [3.63, 3.8) is 0 Å². The minimum absolute atomic E-state index is 0.221. The number of carbonyl (C=O) groups is 1. The third-order valence-corrected chi connectivity index (χ3v) is 3.69. The topological polar surface area (TPSA) is 86.6 Å². The molecule has 1 fully saturated rings. The molecule has 0 atom stereocenters. The second-order valence-electron chi connectivity index (χ2n) is 4.30. The minimum Gasteiger partial charge on any atom is -0.411 e. The fraction of sp³-hybridized carbons (Fsp3) is 0.545. The number of urea groups is 1. The van der Waals surface area contributed by atoms with Gasteiger partial charge in [0.25, 0.3) is 0 Å². The molecule has 3 N–H and O–H groups in total. The summed E-state index contributed by atoms with van der Waals surface area (Å²) in [6.45, 7) is 1.65. The normalized spacial score (nSPS) is 16.8. The lowest BCUT2D eigenvalue weighted by Gasteiger charge is -2.11. The first-order chi connectivity index (χ1) is 8.69. The Balaban J connectivity index is 1.88. The molecular formula is C11H16N4O2S. The van der Waals surface area contributed by atoms with Gasteiger partial charge in [-0.05, 0) is 19.8 Å². The molecular weight excluding hydrogens is 252 g/mol. The van der Waals surface area contributed by atoms with E-state index in [9.17, 15) is 4.79 Å². The molecule has 1 aromatic heterocycles. The first kappa shape index (κ1) is 12.8. The number of hydrogen-bond donors (Lipinski definition) is 3. The number of nitrogens with zero attached hydrogens (tertiary/aromatic N) is 2. The smallest absolute Gasteiger partial charge is 0.321 e. The van der Waals surface area contributed by atoms with Gasteiger partial charge in [-0.3, -0.25) is 5.32 Å². The van der Waals surface area contributed by atoms with Gasteiger partial charge in [0.1, 0.15) is 11.4 Å². The van der Waals surface area contributed by atoms with Crippen LogP contribution in [-0.2, 0) is 0 Å². The molecule has 1 aliphatic carbocycles. The Morgan fingerprint density at radius 2 is 2.28 bits per heavy atom. The SMILES string of the molecule is CC(=NO)c1csc(NC(=O)NC2CCCC2)n1. The van der Waals surface area contributed by atoms with Crippen molar-refractivity contribution in [2.45, 2.75) is 38.6 Å². The second kappa shape index (κ2) is 5.81. The van der Waals surface area contributed by atoms with Crippen LogP contribution in [-0.4, -0.2) is 28.0 Å². The second-order valence-corrected chi connectivity index (χ2v) is 5.16. The Bertz CT molecular complexity index is 452. The third kappa shape index (κ3) is 3.19. The molecule has 98 valence electrons. The average Bonchev–Trinajstić information content (AvgIpc) is 2.99. The van der Waals surface area contributed by atoms with E-state index >= 15 is 0 Å². The Morgan fingerprint density at radius 3 is 2.94 bits per heavy atom. The average molecular weight is 268 g/mol. The van der Waals surface area contributed by atoms with Crippen LogP contribution in [0.5, 0.6) is 0 Å². The zero-order valence-corrected chi connectivity index (χ0v) is 11.0. The van der Waals surface area contributed by atoms with Gasteiger partial charge in [-0.1, -0.05) is 18.0 Å². The van der Waals surface area contributed by atoms with Crippen LogP contribution < -0.4 is 10.6 Å². The first-order valence-corrected chi connectivity index (χ1v) is 6.79. The summed E-state index contributed by atoms with van der Waals surface area (Å²) < 4.78 is 0. The molecule has 1 aromatic rings. The zero-order valence-electron chi connectivity index (χ0n) is 10.1. The molecule has 7 heteroatoms. The summed E-state index contributed by atoms with van der Waals surface area (Å²) >= 11 is 1.30. The highest BCUT2D eigenvalue weighted by atomic mass is 32.1. The zero-order chi connectivity index (χ0) is 13.0. The molecule has 18 heavy (non-hydrogen) atoms. The van der Waals surface area contributed by atoms with Gasteiger partial charge in [0.2, 0.25) is 0 Å². The van der Waals surface area contributed by atoms with Crippen molar-refractivity contribution in [1.29, 1.82) is 0 Å². The number of nitrogens with one attached hydrogen (secondary N) is 2. The number of hydrogen-bond acceptors (Lipinski definition) is 5. The van der Waals surface area contributed by atoms with Crippen LogP contribution in [0, 0.1) is 0 Å². The van der Waals surface area contributed by atoms with E-state index in [4.69, 9.17) is 5.21 Å². The number of aromatic nitrogens is 1. The van der Waals surface area contributed by atoms with Gasteiger partial charge < -0.3 is 10.5 Å². The largest absolute Gasteiger partial charge is 0.411 e. The van der Waals surface area contributed by atoms with E-state index in [2.05, 4.69) is 20.8 Å². The van der Waals surface area contributed by atoms with E-state index in [-0.39, 0.29) is 12.1 Å². The standard InChI is InChI=1S/C11H16N4O2S/c1-7(15-17)9-6-18-11(13-9)14-10(16)12-8-4-2-3-5-8/h6,8,17H,2-5H2,1H3,(H2,12,13,14,16). The number of thiazole rings is 1. The maximum absolute atomic E-state index is 11.7. The summed E-state index contributed by atoms with van der Waals surface area (Å²) in [6.07, 6.45) is 4.46. The Morgan fingerprint density at radius 1 is 1.56 bits per heavy atom. The van der Waals surface area contributed by atoms with Crippen LogP contribution in [0.2, 0.25) is 0 Å². The highest BCUT2D eigenvalue weighted by Gasteiger charge is 2.17. The predicted molar refractivity (Wildman–Crippen MR) is 70.5 cm³/mol. The summed E-state index contributed by atoms with van der Waals surface area (Å²) in [7, 11) is 0. The van der Waals surface area contributed by atoms with Gasteiger partial charge in [0.05, 0.1) is 0 Å². The van der Waals surface area contributed by atoms with Gasteiger partial charge in [-0.25, -0.2) is 9.78 Å². The van der Waals surface area contributed by atoms with Crippen molar-refractivity contribution in [1.82, 2.24) is 10.3 Å².